The van der Waals surface area contributed by atoms with E-state index in [1.165, 1.54) is 0 Å². The number of hydrogen-bond donors (Lipinski definition) is 1. The van der Waals surface area contributed by atoms with Crippen molar-refractivity contribution in [3.63, 3.8) is 0 Å². The number of rotatable bonds is 4. The molecule has 1 heterocycles. The molecule has 0 bridgehead atoms. The minimum atomic E-state index is -0.234. The van der Waals surface area contributed by atoms with Gasteiger partial charge in [0.1, 0.15) is 5.76 Å². The summed E-state index contributed by atoms with van der Waals surface area (Å²) in [6.45, 7) is 2.28. The second kappa shape index (κ2) is 6.08. The van der Waals surface area contributed by atoms with Crippen molar-refractivity contribution in [2.24, 2.45) is 0 Å². The number of aromatic nitrogens is 1. The largest absolute Gasteiger partial charge is 0.361 e. The molecule has 0 aliphatic heterocycles. The van der Waals surface area contributed by atoms with E-state index in [1.807, 2.05) is 13.0 Å². The van der Waals surface area contributed by atoms with Crippen LogP contribution < -0.4 is 5.32 Å². The standard InChI is InChI=1S/C13H12Cl2N2O2/c1-8-6-10(17-19-8)4-5-16-13(18)11-3-2-9(14)7-12(11)15/h2-3,6-7H,4-5H2,1H3,(H,16,18). The molecule has 0 aliphatic carbocycles. The Bertz CT molecular complexity index is 596. The van der Waals surface area contributed by atoms with Crippen LogP contribution in [0, 0.1) is 6.92 Å². The van der Waals surface area contributed by atoms with Gasteiger partial charge in [0, 0.05) is 24.1 Å². The summed E-state index contributed by atoms with van der Waals surface area (Å²) >= 11 is 11.7. The van der Waals surface area contributed by atoms with Gasteiger partial charge in [-0.25, -0.2) is 0 Å². The monoisotopic (exact) mass is 298 g/mol. The lowest BCUT2D eigenvalue weighted by molar-refractivity contribution is 0.0954. The maximum atomic E-state index is 11.9. The first-order valence-electron chi connectivity index (χ1n) is 5.71. The van der Waals surface area contributed by atoms with Gasteiger partial charge in [0.15, 0.2) is 0 Å². The molecular weight excluding hydrogens is 287 g/mol. The first-order chi connectivity index (χ1) is 9.06. The van der Waals surface area contributed by atoms with Gasteiger partial charge in [0.05, 0.1) is 16.3 Å². The number of halogens is 2. The highest BCUT2D eigenvalue weighted by atomic mass is 35.5. The van der Waals surface area contributed by atoms with Crippen molar-refractivity contribution in [1.29, 1.82) is 0 Å². The lowest BCUT2D eigenvalue weighted by atomic mass is 10.2. The Morgan fingerprint density at radius 2 is 2.16 bits per heavy atom. The zero-order valence-electron chi connectivity index (χ0n) is 10.2. The van der Waals surface area contributed by atoms with E-state index in [0.29, 0.717) is 28.6 Å². The van der Waals surface area contributed by atoms with Crippen LogP contribution in [0.25, 0.3) is 0 Å². The minimum Gasteiger partial charge on any atom is -0.361 e. The molecule has 0 radical (unpaired) electrons. The molecule has 6 heteroatoms. The second-order valence-corrected chi connectivity index (χ2v) is 4.90. The van der Waals surface area contributed by atoms with Crippen LogP contribution in [0.15, 0.2) is 28.8 Å². The Labute approximate surface area is 120 Å². The Kier molecular flexibility index (Phi) is 4.45. The summed E-state index contributed by atoms with van der Waals surface area (Å²) in [5, 5.41) is 7.45. The molecule has 1 N–H and O–H groups in total. The third-order valence-electron chi connectivity index (χ3n) is 2.52. The highest BCUT2D eigenvalue weighted by Crippen LogP contribution is 2.20. The molecule has 0 saturated heterocycles. The Morgan fingerprint density at radius 1 is 1.37 bits per heavy atom. The molecular formula is C13H12Cl2N2O2. The summed E-state index contributed by atoms with van der Waals surface area (Å²) in [7, 11) is 0. The van der Waals surface area contributed by atoms with Gasteiger partial charge in [0.2, 0.25) is 0 Å². The fourth-order valence-electron chi connectivity index (χ4n) is 1.61. The molecule has 0 saturated carbocycles. The smallest absolute Gasteiger partial charge is 0.252 e. The fourth-order valence-corrected chi connectivity index (χ4v) is 2.10. The number of nitrogens with zero attached hydrogens (tertiary/aromatic N) is 1. The zero-order chi connectivity index (χ0) is 13.8. The number of amides is 1. The highest BCUT2D eigenvalue weighted by Gasteiger charge is 2.10. The SMILES string of the molecule is Cc1cc(CCNC(=O)c2ccc(Cl)cc2Cl)no1. The molecule has 0 unspecified atom stereocenters. The van der Waals surface area contributed by atoms with E-state index in [9.17, 15) is 4.79 Å². The third-order valence-corrected chi connectivity index (χ3v) is 3.07. The van der Waals surface area contributed by atoms with E-state index in [4.69, 9.17) is 27.7 Å². The summed E-state index contributed by atoms with van der Waals surface area (Å²) in [4.78, 5) is 11.9. The molecule has 0 atom stereocenters. The Morgan fingerprint density at radius 3 is 2.79 bits per heavy atom. The molecule has 1 aromatic heterocycles. The molecule has 100 valence electrons. The number of carbonyl (C=O) groups excluding carboxylic acids is 1. The van der Waals surface area contributed by atoms with Crippen molar-refractivity contribution in [3.05, 3.63) is 51.3 Å². The Balaban J connectivity index is 1.90. The summed E-state index contributed by atoms with van der Waals surface area (Å²) in [6.07, 6.45) is 0.605. The first kappa shape index (κ1) is 13.9. The van der Waals surface area contributed by atoms with Crippen LogP contribution in [-0.2, 0) is 6.42 Å². The predicted molar refractivity (Wildman–Crippen MR) is 73.7 cm³/mol. The van der Waals surface area contributed by atoms with Crippen molar-refractivity contribution >= 4 is 29.1 Å². The van der Waals surface area contributed by atoms with Gasteiger partial charge in [-0.1, -0.05) is 28.4 Å². The van der Waals surface area contributed by atoms with E-state index in [1.54, 1.807) is 18.2 Å². The molecule has 1 aromatic carbocycles. The first-order valence-corrected chi connectivity index (χ1v) is 6.47. The Hall–Kier alpha value is -1.52. The summed E-state index contributed by atoms with van der Waals surface area (Å²) in [5.74, 6) is 0.518. The molecule has 1 amide bonds. The van der Waals surface area contributed by atoms with Crippen LogP contribution >= 0.6 is 23.2 Å². The summed E-state index contributed by atoms with van der Waals surface area (Å²) in [6, 6.07) is 6.60. The quantitative estimate of drug-likeness (QED) is 0.942. The maximum Gasteiger partial charge on any atom is 0.252 e. The van der Waals surface area contributed by atoms with E-state index in [0.717, 1.165) is 11.5 Å². The lowest BCUT2D eigenvalue weighted by Gasteiger charge is -2.05. The molecule has 19 heavy (non-hydrogen) atoms. The van der Waals surface area contributed by atoms with Gasteiger partial charge in [-0.2, -0.15) is 0 Å². The number of benzene rings is 1. The summed E-state index contributed by atoms with van der Waals surface area (Å²) < 4.78 is 4.94. The molecule has 2 aromatic rings. The number of aryl methyl sites for hydroxylation is 1. The second-order valence-electron chi connectivity index (χ2n) is 4.06. The van der Waals surface area contributed by atoms with Crippen molar-refractivity contribution in [2.45, 2.75) is 13.3 Å². The van der Waals surface area contributed by atoms with Crippen molar-refractivity contribution in [2.75, 3.05) is 6.54 Å². The van der Waals surface area contributed by atoms with Gasteiger partial charge in [-0.05, 0) is 25.1 Å². The van der Waals surface area contributed by atoms with Crippen molar-refractivity contribution in [3.8, 4) is 0 Å². The molecule has 0 fully saturated rings. The van der Waals surface area contributed by atoms with E-state index >= 15 is 0 Å². The average molecular weight is 299 g/mol. The highest BCUT2D eigenvalue weighted by molar-refractivity contribution is 6.36. The van der Waals surface area contributed by atoms with Crippen molar-refractivity contribution in [1.82, 2.24) is 10.5 Å². The third kappa shape index (κ3) is 3.72. The van der Waals surface area contributed by atoms with E-state index in [2.05, 4.69) is 10.5 Å². The average Bonchev–Trinajstić information content (AvgIpc) is 2.75. The van der Waals surface area contributed by atoms with Crippen LogP contribution in [0.4, 0.5) is 0 Å². The van der Waals surface area contributed by atoms with Crippen LogP contribution in [0.5, 0.6) is 0 Å². The van der Waals surface area contributed by atoms with E-state index in [-0.39, 0.29) is 5.91 Å². The van der Waals surface area contributed by atoms with Gasteiger partial charge in [0.25, 0.3) is 5.91 Å². The van der Waals surface area contributed by atoms with E-state index < -0.39 is 0 Å². The van der Waals surface area contributed by atoms with Crippen molar-refractivity contribution < 1.29 is 9.32 Å². The fraction of sp³-hybridized carbons (Fsp3) is 0.231. The van der Waals surface area contributed by atoms with Gasteiger partial charge < -0.3 is 9.84 Å². The van der Waals surface area contributed by atoms with Gasteiger partial charge in [-0.15, -0.1) is 0 Å². The van der Waals surface area contributed by atoms with Gasteiger partial charge >= 0.3 is 0 Å². The topological polar surface area (TPSA) is 55.1 Å². The van der Waals surface area contributed by atoms with Crippen LogP contribution in [0.3, 0.4) is 0 Å². The molecule has 0 spiro atoms. The normalized spacial score (nSPS) is 10.5. The zero-order valence-corrected chi connectivity index (χ0v) is 11.8. The molecule has 4 nitrogen and oxygen atoms in total. The molecule has 0 aliphatic rings. The predicted octanol–water partition coefficient (Wildman–Crippen LogP) is 3.26. The lowest BCUT2D eigenvalue weighted by Crippen LogP contribution is -2.26. The number of carbonyl (C=O) groups is 1. The minimum absolute atomic E-state index is 0.234. The van der Waals surface area contributed by atoms with Crippen LogP contribution in [0.2, 0.25) is 10.0 Å². The molecule has 2 rings (SSSR count). The van der Waals surface area contributed by atoms with Gasteiger partial charge in [-0.3, -0.25) is 4.79 Å². The summed E-state index contributed by atoms with van der Waals surface area (Å²) in [5.41, 5.74) is 1.21. The maximum absolute atomic E-state index is 11.9. The van der Waals surface area contributed by atoms with Crippen LogP contribution in [0.1, 0.15) is 21.8 Å². The number of hydrogen-bond acceptors (Lipinski definition) is 3. The van der Waals surface area contributed by atoms with Crippen LogP contribution in [-0.4, -0.2) is 17.6 Å². The number of nitrogens with one attached hydrogen (secondary N) is 1.